The van der Waals surface area contributed by atoms with E-state index in [4.69, 9.17) is 13.8 Å². The number of para-hydroxylation sites is 2. The van der Waals surface area contributed by atoms with Crippen LogP contribution < -0.4 is 9.82 Å². The molecule has 0 radical (unpaired) electrons. The molecule has 6 heteroatoms. The Hall–Kier alpha value is -1.03. The minimum absolute atomic E-state index is 0.00498. The Morgan fingerprint density at radius 1 is 0.880 bits per heavy atom. The highest BCUT2D eigenvalue weighted by molar-refractivity contribution is 7.55. The summed E-state index contributed by atoms with van der Waals surface area (Å²) < 4.78 is 31.1. The van der Waals surface area contributed by atoms with Crippen molar-refractivity contribution in [1.82, 2.24) is 0 Å². The summed E-state index contributed by atoms with van der Waals surface area (Å²) in [4.78, 5) is 0. The minimum atomic E-state index is -3.45. The van der Waals surface area contributed by atoms with Crippen molar-refractivity contribution < 1.29 is 18.3 Å². The first-order valence-corrected chi connectivity index (χ1v) is 11.1. The number of hydrogen-bond donors (Lipinski definition) is 1. The summed E-state index contributed by atoms with van der Waals surface area (Å²) in [6, 6.07) is 7.46. The zero-order chi connectivity index (χ0) is 17.5. The van der Waals surface area contributed by atoms with E-state index in [-0.39, 0.29) is 12.2 Å². The molecule has 25 heavy (non-hydrogen) atoms. The Labute approximate surface area is 151 Å². The van der Waals surface area contributed by atoms with Crippen molar-refractivity contribution in [2.75, 3.05) is 12.2 Å². The maximum Gasteiger partial charge on any atom is 0.433 e. The molecule has 2 aliphatic carbocycles. The van der Waals surface area contributed by atoms with Crippen molar-refractivity contribution in [3.8, 4) is 5.75 Å². The molecule has 0 heterocycles. The second-order valence-corrected chi connectivity index (χ2v) is 8.68. The molecular formula is C19H30NO4P. The Bertz CT molecular complexity index is 559. The number of anilines is 1. The van der Waals surface area contributed by atoms with E-state index in [1.54, 1.807) is 7.11 Å². The van der Waals surface area contributed by atoms with Crippen molar-refractivity contribution in [3.05, 3.63) is 24.3 Å². The number of ether oxygens (including phenoxy) is 1. The molecule has 0 spiro atoms. The lowest BCUT2D eigenvalue weighted by Crippen LogP contribution is -2.23. The van der Waals surface area contributed by atoms with E-state index >= 15 is 0 Å². The van der Waals surface area contributed by atoms with Crippen molar-refractivity contribution in [3.63, 3.8) is 0 Å². The van der Waals surface area contributed by atoms with Crippen molar-refractivity contribution in [2.24, 2.45) is 0 Å². The lowest BCUT2D eigenvalue weighted by molar-refractivity contribution is 0.0816. The van der Waals surface area contributed by atoms with Crippen LogP contribution in [0.2, 0.25) is 0 Å². The summed E-state index contributed by atoms with van der Waals surface area (Å²) in [6.45, 7) is 0. The summed E-state index contributed by atoms with van der Waals surface area (Å²) >= 11 is 0. The van der Waals surface area contributed by atoms with Crippen LogP contribution >= 0.6 is 7.75 Å². The fourth-order valence-corrected chi connectivity index (χ4v) is 5.54. The van der Waals surface area contributed by atoms with Crippen LogP contribution in [-0.2, 0) is 13.6 Å². The standard InChI is InChI=1S/C19H30NO4P/c1-22-19-15-9-8-14-18(19)20-25(21,23-16-10-4-2-5-11-16)24-17-12-6-3-7-13-17/h8-9,14-17H,2-7,10-13H2,1H3,(H,20,21). The van der Waals surface area contributed by atoms with Gasteiger partial charge < -0.3 is 4.74 Å². The molecule has 140 valence electrons. The zero-order valence-electron chi connectivity index (χ0n) is 15.1. The maximum absolute atomic E-state index is 13.6. The van der Waals surface area contributed by atoms with Gasteiger partial charge in [-0.15, -0.1) is 0 Å². The van der Waals surface area contributed by atoms with Crippen LogP contribution in [0.3, 0.4) is 0 Å². The summed E-state index contributed by atoms with van der Waals surface area (Å²) in [7, 11) is -1.84. The molecule has 0 saturated heterocycles. The highest BCUT2D eigenvalue weighted by atomic mass is 31.2. The first-order chi connectivity index (χ1) is 12.2. The van der Waals surface area contributed by atoms with Crippen molar-refractivity contribution in [2.45, 2.75) is 76.4 Å². The molecule has 2 fully saturated rings. The molecule has 1 aromatic carbocycles. The smallest absolute Gasteiger partial charge is 0.433 e. The van der Waals surface area contributed by atoms with Gasteiger partial charge in [0, 0.05) is 0 Å². The van der Waals surface area contributed by atoms with E-state index < -0.39 is 7.75 Å². The Balaban J connectivity index is 1.75. The number of nitrogens with one attached hydrogen (secondary N) is 1. The lowest BCUT2D eigenvalue weighted by Gasteiger charge is -2.31. The molecule has 2 saturated carbocycles. The molecule has 0 bridgehead atoms. The average Bonchev–Trinajstić information content (AvgIpc) is 2.63. The fourth-order valence-electron chi connectivity index (χ4n) is 3.70. The van der Waals surface area contributed by atoms with Crippen molar-refractivity contribution in [1.29, 1.82) is 0 Å². The molecule has 0 atom stereocenters. The second kappa shape index (κ2) is 9.07. The van der Waals surface area contributed by atoms with Crippen molar-refractivity contribution >= 4 is 13.4 Å². The van der Waals surface area contributed by atoms with Gasteiger partial charge in [-0.1, -0.05) is 50.7 Å². The van der Waals surface area contributed by atoms with Crippen LogP contribution in [0.4, 0.5) is 5.69 Å². The first-order valence-electron chi connectivity index (χ1n) is 9.57. The molecule has 0 aromatic heterocycles. The van der Waals surface area contributed by atoms with E-state index in [0.717, 1.165) is 51.4 Å². The van der Waals surface area contributed by atoms with Gasteiger partial charge in [-0.25, -0.2) is 4.57 Å². The third-order valence-electron chi connectivity index (χ3n) is 5.04. The monoisotopic (exact) mass is 367 g/mol. The number of benzene rings is 1. The molecule has 1 N–H and O–H groups in total. The third kappa shape index (κ3) is 5.47. The second-order valence-electron chi connectivity index (χ2n) is 7.04. The summed E-state index contributed by atoms with van der Waals surface area (Å²) in [5.74, 6) is 0.641. The van der Waals surface area contributed by atoms with Gasteiger partial charge in [0.2, 0.25) is 0 Å². The number of methoxy groups -OCH3 is 1. The third-order valence-corrected chi connectivity index (χ3v) is 6.71. The SMILES string of the molecule is COc1ccccc1NP(=O)(OC1CCCCC1)OC1CCCCC1. The Morgan fingerprint density at radius 2 is 1.40 bits per heavy atom. The lowest BCUT2D eigenvalue weighted by atomic mass is 9.98. The average molecular weight is 367 g/mol. The summed E-state index contributed by atoms with van der Waals surface area (Å²) in [6.07, 6.45) is 10.8. The van der Waals surface area contributed by atoms with Gasteiger partial charge in [0.15, 0.2) is 0 Å². The normalized spacial score (nSPS) is 20.4. The maximum atomic E-state index is 13.6. The zero-order valence-corrected chi connectivity index (χ0v) is 16.0. The van der Waals surface area contributed by atoms with Crippen LogP contribution in [-0.4, -0.2) is 19.3 Å². The van der Waals surface area contributed by atoms with Crippen LogP contribution in [0.25, 0.3) is 0 Å². The molecule has 5 nitrogen and oxygen atoms in total. The largest absolute Gasteiger partial charge is 0.495 e. The fraction of sp³-hybridized carbons (Fsp3) is 0.684. The predicted molar refractivity (Wildman–Crippen MR) is 100 cm³/mol. The molecular weight excluding hydrogens is 337 g/mol. The Morgan fingerprint density at radius 3 is 1.92 bits per heavy atom. The minimum Gasteiger partial charge on any atom is -0.495 e. The van der Waals surface area contributed by atoms with Crippen LogP contribution in [0, 0.1) is 0 Å². The highest BCUT2D eigenvalue weighted by Crippen LogP contribution is 2.54. The van der Waals surface area contributed by atoms with Gasteiger partial charge in [-0.2, -0.15) is 0 Å². The molecule has 0 unspecified atom stereocenters. The predicted octanol–water partition coefficient (Wildman–Crippen LogP) is 5.91. The first kappa shape index (κ1) is 18.8. The molecule has 0 aliphatic heterocycles. The van der Waals surface area contributed by atoms with Crippen LogP contribution in [0.5, 0.6) is 5.75 Å². The molecule has 3 rings (SSSR count). The summed E-state index contributed by atoms with van der Waals surface area (Å²) in [5.41, 5.74) is 0.653. The van der Waals surface area contributed by atoms with Gasteiger partial charge in [-0.05, 0) is 37.8 Å². The van der Waals surface area contributed by atoms with Gasteiger partial charge in [0.25, 0.3) is 0 Å². The van der Waals surface area contributed by atoms with Gasteiger partial charge in [0.1, 0.15) is 5.75 Å². The topological polar surface area (TPSA) is 56.8 Å². The summed E-state index contributed by atoms with van der Waals surface area (Å²) in [5, 5.41) is 3.06. The van der Waals surface area contributed by atoms with E-state index in [1.165, 1.54) is 12.8 Å². The van der Waals surface area contributed by atoms with E-state index in [0.29, 0.717) is 11.4 Å². The van der Waals surface area contributed by atoms with Crippen LogP contribution in [0.1, 0.15) is 64.2 Å². The van der Waals surface area contributed by atoms with Crippen LogP contribution in [0.15, 0.2) is 24.3 Å². The van der Waals surface area contributed by atoms with Gasteiger partial charge >= 0.3 is 7.75 Å². The molecule has 2 aliphatic rings. The number of hydrogen-bond acceptors (Lipinski definition) is 4. The van der Waals surface area contributed by atoms with Gasteiger partial charge in [-0.3, -0.25) is 14.1 Å². The molecule has 0 amide bonds. The molecule has 1 aromatic rings. The van der Waals surface area contributed by atoms with Gasteiger partial charge in [0.05, 0.1) is 25.0 Å². The van der Waals surface area contributed by atoms with E-state index in [9.17, 15) is 4.57 Å². The van der Waals surface area contributed by atoms with E-state index in [1.807, 2.05) is 24.3 Å². The highest BCUT2D eigenvalue weighted by Gasteiger charge is 2.34. The Kier molecular flexibility index (Phi) is 6.80. The number of rotatable bonds is 7. The van der Waals surface area contributed by atoms with E-state index in [2.05, 4.69) is 5.09 Å². The quantitative estimate of drug-likeness (QED) is 0.607.